The second-order valence-corrected chi connectivity index (χ2v) is 4.88. The summed E-state index contributed by atoms with van der Waals surface area (Å²) in [5.74, 6) is 1.16. The highest BCUT2D eigenvalue weighted by molar-refractivity contribution is 9.10. The first-order valence-corrected chi connectivity index (χ1v) is 5.88. The fraction of sp³-hybridized carbons (Fsp3) is 0.364. The highest BCUT2D eigenvalue weighted by atomic mass is 79.9. The van der Waals surface area contributed by atoms with Crippen LogP contribution in [-0.2, 0) is 6.54 Å². The Bertz CT molecular complexity index is 492. The molecule has 1 unspecified atom stereocenters. The molecule has 0 fully saturated rings. The van der Waals surface area contributed by atoms with E-state index in [0.29, 0.717) is 0 Å². The van der Waals surface area contributed by atoms with Crippen LogP contribution in [0.5, 0.6) is 0 Å². The summed E-state index contributed by atoms with van der Waals surface area (Å²) >= 11 is 3.37. The summed E-state index contributed by atoms with van der Waals surface area (Å²) in [7, 11) is 2.09. The van der Waals surface area contributed by atoms with Crippen molar-refractivity contribution in [1.82, 2.24) is 9.88 Å². The molecule has 16 heavy (non-hydrogen) atoms. The summed E-state index contributed by atoms with van der Waals surface area (Å²) in [6.45, 7) is 1.82. The number of likely N-dealkylation sites (N-methyl/N-ethyl adjacent to an activating group) is 1. The van der Waals surface area contributed by atoms with Crippen molar-refractivity contribution in [2.45, 2.75) is 12.5 Å². The van der Waals surface area contributed by atoms with Gasteiger partial charge in [0.1, 0.15) is 12.0 Å². The number of hydrogen-bond acceptors (Lipinski definition) is 4. The van der Waals surface area contributed by atoms with Crippen molar-refractivity contribution in [3.05, 3.63) is 40.4 Å². The van der Waals surface area contributed by atoms with Crippen molar-refractivity contribution in [2.24, 2.45) is 0 Å². The third-order valence-corrected chi connectivity index (χ3v) is 3.26. The second kappa shape index (κ2) is 3.75. The largest absolute Gasteiger partial charge is 0.453 e. The molecule has 84 valence electrons. The smallest absolute Gasteiger partial charge is 0.180 e. The van der Waals surface area contributed by atoms with Crippen LogP contribution in [0.3, 0.4) is 0 Å². The Kier molecular flexibility index (Phi) is 2.37. The SMILES string of the molecule is CN1Cc2cc(Br)oc2C(c2cocn2)C1. The van der Waals surface area contributed by atoms with E-state index in [1.807, 2.05) is 6.07 Å². The summed E-state index contributed by atoms with van der Waals surface area (Å²) in [5, 5.41) is 0. The molecule has 0 amide bonds. The van der Waals surface area contributed by atoms with Gasteiger partial charge in [0.15, 0.2) is 11.1 Å². The molecule has 2 aromatic rings. The molecule has 1 aliphatic rings. The minimum Gasteiger partial charge on any atom is -0.453 e. The fourth-order valence-electron chi connectivity index (χ4n) is 2.20. The van der Waals surface area contributed by atoms with Crippen molar-refractivity contribution in [1.29, 1.82) is 0 Å². The summed E-state index contributed by atoms with van der Waals surface area (Å²) in [6, 6.07) is 2.03. The summed E-state index contributed by atoms with van der Waals surface area (Å²) in [6.07, 6.45) is 3.14. The van der Waals surface area contributed by atoms with Crippen LogP contribution in [0.4, 0.5) is 0 Å². The van der Waals surface area contributed by atoms with Crippen LogP contribution in [0.25, 0.3) is 0 Å². The van der Waals surface area contributed by atoms with E-state index in [1.54, 1.807) is 6.26 Å². The normalized spacial score (nSPS) is 21.0. The van der Waals surface area contributed by atoms with Gasteiger partial charge in [-0.25, -0.2) is 4.98 Å². The molecule has 1 atom stereocenters. The highest BCUT2D eigenvalue weighted by Gasteiger charge is 2.30. The van der Waals surface area contributed by atoms with Crippen molar-refractivity contribution >= 4 is 15.9 Å². The van der Waals surface area contributed by atoms with E-state index in [1.165, 1.54) is 12.0 Å². The highest BCUT2D eigenvalue weighted by Crippen LogP contribution is 2.35. The van der Waals surface area contributed by atoms with Crippen molar-refractivity contribution < 1.29 is 8.83 Å². The van der Waals surface area contributed by atoms with E-state index in [2.05, 4.69) is 32.9 Å². The molecule has 0 bridgehead atoms. The standard InChI is InChI=1S/C11H11BrN2O2/c1-14-3-7-2-10(12)16-11(7)8(4-14)9-5-15-6-13-9/h2,5-6,8H,3-4H2,1H3. The van der Waals surface area contributed by atoms with Crippen molar-refractivity contribution in [3.8, 4) is 0 Å². The van der Waals surface area contributed by atoms with Crippen LogP contribution >= 0.6 is 15.9 Å². The van der Waals surface area contributed by atoms with Crippen LogP contribution in [0.1, 0.15) is 22.9 Å². The zero-order valence-corrected chi connectivity index (χ0v) is 10.4. The lowest BCUT2D eigenvalue weighted by Gasteiger charge is -2.27. The molecule has 3 heterocycles. The monoisotopic (exact) mass is 282 g/mol. The molecular weight excluding hydrogens is 272 g/mol. The number of aromatic nitrogens is 1. The first-order chi connectivity index (χ1) is 7.74. The van der Waals surface area contributed by atoms with Gasteiger partial charge in [-0.3, -0.25) is 0 Å². The lowest BCUT2D eigenvalue weighted by molar-refractivity contribution is 0.270. The molecule has 0 spiro atoms. The molecule has 2 aromatic heterocycles. The summed E-state index contributed by atoms with van der Waals surface area (Å²) in [5.41, 5.74) is 2.14. The Morgan fingerprint density at radius 1 is 1.56 bits per heavy atom. The minimum absolute atomic E-state index is 0.166. The number of nitrogens with zero attached hydrogens (tertiary/aromatic N) is 2. The maximum Gasteiger partial charge on any atom is 0.180 e. The van der Waals surface area contributed by atoms with Gasteiger partial charge in [-0.05, 0) is 29.0 Å². The van der Waals surface area contributed by atoms with E-state index >= 15 is 0 Å². The van der Waals surface area contributed by atoms with Crippen molar-refractivity contribution in [2.75, 3.05) is 13.6 Å². The maximum absolute atomic E-state index is 5.70. The lowest BCUT2D eigenvalue weighted by Crippen LogP contribution is -2.30. The lowest BCUT2D eigenvalue weighted by atomic mass is 9.95. The molecule has 0 saturated heterocycles. The predicted octanol–water partition coefficient (Wildman–Crippen LogP) is 2.61. The van der Waals surface area contributed by atoms with Crippen LogP contribution in [-0.4, -0.2) is 23.5 Å². The molecule has 0 saturated carbocycles. The molecule has 0 radical (unpaired) electrons. The van der Waals surface area contributed by atoms with Crippen LogP contribution in [0, 0.1) is 0 Å². The van der Waals surface area contributed by atoms with Gasteiger partial charge in [0, 0.05) is 18.7 Å². The van der Waals surface area contributed by atoms with Gasteiger partial charge in [-0.15, -0.1) is 0 Å². The number of oxazole rings is 1. The Morgan fingerprint density at radius 3 is 3.19 bits per heavy atom. The number of halogens is 1. The molecular formula is C11H11BrN2O2. The average molecular weight is 283 g/mol. The molecule has 5 heteroatoms. The minimum atomic E-state index is 0.166. The molecule has 0 aliphatic carbocycles. The summed E-state index contributed by atoms with van der Waals surface area (Å²) in [4.78, 5) is 6.47. The van der Waals surface area contributed by atoms with Gasteiger partial charge in [-0.1, -0.05) is 0 Å². The van der Waals surface area contributed by atoms with Crippen LogP contribution in [0.2, 0.25) is 0 Å². The van der Waals surface area contributed by atoms with Gasteiger partial charge in [-0.2, -0.15) is 0 Å². The average Bonchev–Trinajstić information content (AvgIpc) is 2.83. The predicted molar refractivity (Wildman–Crippen MR) is 61.1 cm³/mol. The first kappa shape index (κ1) is 10.1. The molecule has 0 aromatic carbocycles. The number of hydrogen-bond donors (Lipinski definition) is 0. The topological polar surface area (TPSA) is 42.4 Å². The Balaban J connectivity index is 2.06. The fourth-order valence-corrected chi connectivity index (χ4v) is 2.65. The zero-order chi connectivity index (χ0) is 11.1. The Hall–Kier alpha value is -1.07. The second-order valence-electron chi connectivity index (χ2n) is 4.10. The molecule has 3 rings (SSSR count). The summed E-state index contributed by atoms with van der Waals surface area (Å²) < 4.78 is 11.5. The van der Waals surface area contributed by atoms with Gasteiger partial charge >= 0.3 is 0 Å². The van der Waals surface area contributed by atoms with Gasteiger partial charge in [0.2, 0.25) is 0 Å². The zero-order valence-electron chi connectivity index (χ0n) is 8.81. The Morgan fingerprint density at radius 2 is 2.44 bits per heavy atom. The number of fused-ring (bicyclic) bond motifs is 1. The van der Waals surface area contributed by atoms with E-state index in [4.69, 9.17) is 8.83 Å². The molecule has 1 aliphatic heterocycles. The maximum atomic E-state index is 5.70. The van der Waals surface area contributed by atoms with Crippen LogP contribution < -0.4 is 0 Å². The quantitative estimate of drug-likeness (QED) is 0.806. The van der Waals surface area contributed by atoms with Crippen LogP contribution in [0.15, 0.2) is 32.2 Å². The van der Waals surface area contributed by atoms with E-state index in [0.717, 1.165) is 29.2 Å². The van der Waals surface area contributed by atoms with Gasteiger partial charge in [0.25, 0.3) is 0 Å². The van der Waals surface area contributed by atoms with E-state index in [-0.39, 0.29) is 5.92 Å². The van der Waals surface area contributed by atoms with E-state index in [9.17, 15) is 0 Å². The first-order valence-electron chi connectivity index (χ1n) is 5.09. The van der Waals surface area contributed by atoms with Crippen molar-refractivity contribution in [3.63, 3.8) is 0 Å². The van der Waals surface area contributed by atoms with E-state index < -0.39 is 0 Å². The van der Waals surface area contributed by atoms with Gasteiger partial charge < -0.3 is 13.7 Å². The number of furan rings is 1. The molecule has 0 N–H and O–H groups in total. The van der Waals surface area contributed by atoms with Gasteiger partial charge in [0.05, 0.1) is 11.6 Å². The third kappa shape index (κ3) is 1.60. The third-order valence-electron chi connectivity index (χ3n) is 2.87. The molecule has 4 nitrogen and oxygen atoms in total. The number of rotatable bonds is 1. The Labute approximate surface area is 101 Å².